The molecule has 1 heterocycles. The van der Waals surface area contributed by atoms with Gasteiger partial charge in [-0.3, -0.25) is 9.59 Å². The Hall–Kier alpha value is -2.83. The quantitative estimate of drug-likeness (QED) is 0.601. The van der Waals surface area contributed by atoms with Crippen molar-refractivity contribution in [3.8, 4) is 5.75 Å². The maximum atomic E-state index is 13.3. The summed E-state index contributed by atoms with van der Waals surface area (Å²) in [6.07, 6.45) is 0.272. The second-order valence-electron chi connectivity index (χ2n) is 8.41. The highest BCUT2D eigenvalue weighted by Gasteiger charge is 2.40. The molecule has 33 heavy (non-hydrogen) atoms. The topological polar surface area (TPSA) is 128 Å². The molecule has 1 aliphatic heterocycles. The predicted molar refractivity (Wildman–Crippen MR) is 112 cm³/mol. The van der Waals surface area contributed by atoms with Crippen LogP contribution in [0.25, 0.3) is 0 Å². The van der Waals surface area contributed by atoms with E-state index in [2.05, 4.69) is 9.50 Å². The third-order valence-corrected chi connectivity index (χ3v) is 5.30. The van der Waals surface area contributed by atoms with Gasteiger partial charge in [-0.15, -0.1) is 0 Å². The number of hydrogen-bond acceptors (Lipinski definition) is 6. The van der Waals surface area contributed by atoms with Gasteiger partial charge in [0.05, 0.1) is 0 Å². The summed E-state index contributed by atoms with van der Waals surface area (Å²) < 4.78 is 58.1. The summed E-state index contributed by atoms with van der Waals surface area (Å²) in [4.78, 5) is 38.5. The Bertz CT molecular complexity index is 902. The van der Waals surface area contributed by atoms with Crippen molar-refractivity contribution in [3.63, 3.8) is 0 Å². The van der Waals surface area contributed by atoms with Gasteiger partial charge in [0.25, 0.3) is 0 Å². The van der Waals surface area contributed by atoms with Crippen LogP contribution in [-0.4, -0.2) is 50.7 Å². The third-order valence-electron chi connectivity index (χ3n) is 4.58. The lowest BCUT2D eigenvalue weighted by atomic mass is 10.0. The number of alkyl halides is 3. The highest BCUT2D eigenvalue weighted by molar-refractivity contribution is 7.81. The van der Waals surface area contributed by atoms with E-state index in [9.17, 15) is 31.8 Å². The fraction of sp³-hybridized carbons (Fsp3) is 0.550. The summed E-state index contributed by atoms with van der Waals surface area (Å²) in [5, 5.41) is 2.48. The van der Waals surface area contributed by atoms with E-state index >= 15 is 0 Å². The minimum Gasteiger partial charge on any atom is -0.444 e. The molecule has 184 valence electrons. The minimum atomic E-state index is -5.05. The van der Waals surface area contributed by atoms with Crippen molar-refractivity contribution < 1.29 is 40.7 Å². The van der Waals surface area contributed by atoms with Gasteiger partial charge in [-0.2, -0.15) is 13.2 Å². The Morgan fingerprint density at radius 2 is 1.82 bits per heavy atom. The molecule has 2 rings (SSSR count). The summed E-state index contributed by atoms with van der Waals surface area (Å²) >= 11 is -3.56. The zero-order chi connectivity index (χ0) is 25.0. The van der Waals surface area contributed by atoms with Gasteiger partial charge in [0.2, 0.25) is 11.8 Å². The van der Waals surface area contributed by atoms with Crippen molar-refractivity contribution in [1.82, 2.24) is 10.2 Å². The number of ether oxygens (including phenoxy) is 1. The predicted octanol–water partition coefficient (Wildman–Crippen LogP) is 2.68. The molecule has 1 fully saturated rings. The number of benzene rings is 1. The van der Waals surface area contributed by atoms with Gasteiger partial charge in [0.1, 0.15) is 17.4 Å². The zero-order valence-corrected chi connectivity index (χ0v) is 19.1. The van der Waals surface area contributed by atoms with Crippen molar-refractivity contribution in [3.05, 3.63) is 29.8 Å². The fourth-order valence-corrected chi connectivity index (χ4v) is 3.68. The number of amides is 3. The molecule has 0 bridgehead atoms. The van der Waals surface area contributed by atoms with Gasteiger partial charge in [0, 0.05) is 19.0 Å². The first-order valence-electron chi connectivity index (χ1n) is 10.0. The molecule has 9 nitrogen and oxygen atoms in total. The number of alkyl carbamates (subject to hydrolysis) is 1. The number of carbonyl (C=O) groups is 3. The molecule has 1 saturated heterocycles. The van der Waals surface area contributed by atoms with Gasteiger partial charge in [-0.25, -0.2) is 9.00 Å². The van der Waals surface area contributed by atoms with Crippen LogP contribution in [0.3, 0.4) is 0 Å². The SMILES string of the molecule is CC(C)(C)OC(=O)NC(C(=O)N1CCCC1CC(N)=O)c1ccc(OS(=O)C(F)(F)F)cc1. The Balaban J connectivity index is 2.28. The Morgan fingerprint density at radius 1 is 1.21 bits per heavy atom. The van der Waals surface area contributed by atoms with E-state index in [4.69, 9.17) is 10.5 Å². The molecule has 3 N–H and O–H groups in total. The van der Waals surface area contributed by atoms with E-state index in [0.717, 1.165) is 12.1 Å². The van der Waals surface area contributed by atoms with E-state index in [1.54, 1.807) is 20.8 Å². The average molecular weight is 494 g/mol. The molecule has 1 aromatic rings. The van der Waals surface area contributed by atoms with E-state index in [1.807, 2.05) is 0 Å². The molecule has 3 amide bonds. The molecule has 0 spiro atoms. The highest BCUT2D eigenvalue weighted by atomic mass is 32.2. The molecule has 13 heteroatoms. The first kappa shape index (κ1) is 26.4. The standard InChI is InChI=1S/C20H26F3N3O6S/c1-19(2,3)31-18(29)25-16(17(28)26-10-4-5-13(26)11-15(24)27)12-6-8-14(9-7-12)32-33(30)20(21,22)23/h6-9,13,16H,4-5,10-11H2,1-3H3,(H2,24,27)(H,25,29). The van der Waals surface area contributed by atoms with Crippen LogP contribution in [0.5, 0.6) is 5.75 Å². The molecule has 3 atom stereocenters. The molecule has 0 aliphatic carbocycles. The van der Waals surface area contributed by atoms with Crippen LogP contribution >= 0.6 is 0 Å². The molecule has 3 unspecified atom stereocenters. The van der Waals surface area contributed by atoms with Gasteiger partial charge >= 0.3 is 22.7 Å². The van der Waals surface area contributed by atoms with E-state index in [-0.39, 0.29) is 17.7 Å². The second kappa shape index (κ2) is 10.4. The van der Waals surface area contributed by atoms with Crippen molar-refractivity contribution in [1.29, 1.82) is 0 Å². The molecule has 0 aromatic heterocycles. The number of hydrogen-bond donors (Lipinski definition) is 2. The van der Waals surface area contributed by atoms with Crippen molar-refractivity contribution in [2.75, 3.05) is 6.54 Å². The Labute approximate surface area is 191 Å². The minimum absolute atomic E-state index is 0.0407. The molecule has 1 aromatic carbocycles. The van der Waals surface area contributed by atoms with Gasteiger partial charge in [-0.1, -0.05) is 12.1 Å². The van der Waals surface area contributed by atoms with Crippen molar-refractivity contribution in [2.45, 2.75) is 63.2 Å². The van der Waals surface area contributed by atoms with Crippen LogP contribution in [0.15, 0.2) is 24.3 Å². The summed E-state index contributed by atoms with van der Waals surface area (Å²) in [6.45, 7) is 5.26. The molecule has 0 radical (unpaired) electrons. The first-order chi connectivity index (χ1) is 15.2. The molecular weight excluding hydrogens is 467 g/mol. The normalized spacial score (nSPS) is 18.4. The van der Waals surface area contributed by atoms with Crippen LogP contribution < -0.4 is 15.2 Å². The Morgan fingerprint density at radius 3 is 2.33 bits per heavy atom. The lowest BCUT2D eigenvalue weighted by Crippen LogP contribution is -2.46. The van der Waals surface area contributed by atoms with Crippen LogP contribution in [0.1, 0.15) is 51.6 Å². The monoisotopic (exact) mass is 493 g/mol. The van der Waals surface area contributed by atoms with Gasteiger partial charge in [0.15, 0.2) is 0 Å². The first-order valence-corrected chi connectivity index (χ1v) is 11.1. The third kappa shape index (κ3) is 7.91. The molecule has 1 aliphatic rings. The van der Waals surface area contributed by atoms with Gasteiger partial charge in [-0.05, 0) is 51.3 Å². The maximum Gasteiger partial charge on any atom is 0.508 e. The number of halogens is 3. The van der Waals surface area contributed by atoms with Crippen LogP contribution in [-0.2, 0) is 25.4 Å². The summed E-state index contributed by atoms with van der Waals surface area (Å²) in [6, 6.07) is 3.04. The van der Waals surface area contributed by atoms with Crippen LogP contribution in [0.4, 0.5) is 18.0 Å². The zero-order valence-electron chi connectivity index (χ0n) is 18.3. The lowest BCUT2D eigenvalue weighted by molar-refractivity contribution is -0.135. The van der Waals surface area contributed by atoms with Crippen LogP contribution in [0, 0.1) is 0 Å². The fourth-order valence-electron chi connectivity index (χ4n) is 3.30. The largest absolute Gasteiger partial charge is 0.508 e. The van der Waals surface area contributed by atoms with Gasteiger partial charge < -0.3 is 24.9 Å². The number of nitrogens with one attached hydrogen (secondary N) is 1. The van der Waals surface area contributed by atoms with Crippen LogP contribution in [0.2, 0.25) is 0 Å². The Kier molecular flexibility index (Phi) is 8.33. The van der Waals surface area contributed by atoms with Crippen molar-refractivity contribution in [2.24, 2.45) is 5.73 Å². The highest BCUT2D eigenvalue weighted by Crippen LogP contribution is 2.28. The van der Waals surface area contributed by atoms with E-state index in [0.29, 0.717) is 19.4 Å². The summed E-state index contributed by atoms with van der Waals surface area (Å²) in [5.41, 5.74) is -0.407. The average Bonchev–Trinajstić information content (AvgIpc) is 3.11. The molecule has 0 saturated carbocycles. The van der Waals surface area contributed by atoms with E-state index in [1.165, 1.54) is 17.0 Å². The second-order valence-corrected chi connectivity index (χ2v) is 9.51. The number of carbonyl (C=O) groups excluding carboxylic acids is 3. The van der Waals surface area contributed by atoms with E-state index < -0.39 is 52.2 Å². The lowest BCUT2D eigenvalue weighted by Gasteiger charge is -2.30. The number of nitrogens with zero attached hydrogens (tertiary/aromatic N) is 1. The number of rotatable bonds is 7. The summed E-state index contributed by atoms with van der Waals surface area (Å²) in [7, 11) is 0. The van der Waals surface area contributed by atoms with Crippen molar-refractivity contribution >= 4 is 29.0 Å². The molecular formula is C20H26F3N3O6S. The maximum absolute atomic E-state index is 13.3. The number of nitrogens with two attached hydrogens (primary N) is 1. The summed E-state index contributed by atoms with van der Waals surface area (Å²) in [5.74, 6) is -1.45. The smallest absolute Gasteiger partial charge is 0.444 e. The number of likely N-dealkylation sites (tertiary alicyclic amines) is 1. The number of primary amides is 1.